The van der Waals surface area contributed by atoms with Crippen molar-refractivity contribution in [3.8, 4) is 0 Å². The molecule has 1 aromatic heterocycles. The fourth-order valence-corrected chi connectivity index (χ4v) is 2.19. The molecule has 0 aliphatic carbocycles. The summed E-state index contributed by atoms with van der Waals surface area (Å²) in [5, 5.41) is 3.27. The van der Waals surface area contributed by atoms with Gasteiger partial charge in [-0.25, -0.2) is 0 Å². The van der Waals surface area contributed by atoms with Crippen molar-refractivity contribution in [2.45, 2.75) is 12.8 Å². The number of nitrogens with one attached hydrogen (secondary N) is 1. The number of halogens is 1. The van der Waals surface area contributed by atoms with Crippen LogP contribution in [0.3, 0.4) is 0 Å². The first-order valence-electron chi connectivity index (χ1n) is 5.87. The van der Waals surface area contributed by atoms with Gasteiger partial charge in [-0.05, 0) is 32.0 Å². The quantitative estimate of drug-likeness (QED) is 0.886. The average Bonchev–Trinajstić information content (AvgIpc) is 2.82. The first-order valence-corrected chi connectivity index (χ1v) is 6.25. The first kappa shape index (κ1) is 12.3. The van der Waals surface area contributed by atoms with Crippen LogP contribution in [-0.4, -0.2) is 42.0 Å². The number of carbonyl (C=O) groups excluding carboxylic acids is 1. The van der Waals surface area contributed by atoms with E-state index in [1.807, 2.05) is 0 Å². The van der Waals surface area contributed by atoms with Crippen molar-refractivity contribution in [3.63, 3.8) is 0 Å². The molecule has 2 rings (SSSR count). The lowest BCUT2D eigenvalue weighted by Crippen LogP contribution is -2.33. The highest BCUT2D eigenvalue weighted by atomic mass is 35.5. The molecule has 2 heterocycles. The van der Waals surface area contributed by atoms with Gasteiger partial charge in [0.2, 0.25) is 0 Å². The van der Waals surface area contributed by atoms with Crippen molar-refractivity contribution in [2.75, 3.05) is 26.2 Å². The number of aromatic nitrogens is 1. The number of rotatable bonds is 4. The molecule has 0 atom stereocenters. The fraction of sp³-hybridized carbons (Fsp3) is 0.500. The largest absolute Gasteiger partial charge is 0.351 e. The molecule has 1 N–H and O–H groups in total. The number of hydrogen-bond acceptors (Lipinski definition) is 3. The third kappa shape index (κ3) is 3.41. The summed E-state index contributed by atoms with van der Waals surface area (Å²) < 4.78 is 0. The Labute approximate surface area is 106 Å². The average molecular weight is 254 g/mol. The van der Waals surface area contributed by atoms with Crippen LogP contribution in [0, 0.1) is 0 Å². The van der Waals surface area contributed by atoms with Gasteiger partial charge in [-0.3, -0.25) is 9.78 Å². The molecule has 1 aliphatic rings. The van der Waals surface area contributed by atoms with Crippen molar-refractivity contribution in [1.29, 1.82) is 0 Å². The molecule has 1 amide bonds. The Morgan fingerprint density at radius 2 is 2.24 bits per heavy atom. The van der Waals surface area contributed by atoms with Crippen LogP contribution in [0.5, 0.6) is 0 Å². The summed E-state index contributed by atoms with van der Waals surface area (Å²) in [6.07, 6.45) is 5.59. The second kappa shape index (κ2) is 5.98. The maximum absolute atomic E-state index is 11.8. The van der Waals surface area contributed by atoms with Gasteiger partial charge in [0.15, 0.2) is 0 Å². The van der Waals surface area contributed by atoms with Gasteiger partial charge in [-0.1, -0.05) is 11.6 Å². The smallest absolute Gasteiger partial charge is 0.252 e. The Kier molecular flexibility index (Phi) is 4.34. The highest BCUT2D eigenvalue weighted by Crippen LogP contribution is 2.12. The summed E-state index contributed by atoms with van der Waals surface area (Å²) in [4.78, 5) is 18.0. The zero-order valence-corrected chi connectivity index (χ0v) is 10.4. The van der Waals surface area contributed by atoms with Crippen LogP contribution < -0.4 is 5.32 Å². The molecule has 17 heavy (non-hydrogen) atoms. The van der Waals surface area contributed by atoms with E-state index in [2.05, 4.69) is 15.2 Å². The summed E-state index contributed by atoms with van der Waals surface area (Å²) in [5.41, 5.74) is 0.489. The number of amides is 1. The van der Waals surface area contributed by atoms with Crippen molar-refractivity contribution >= 4 is 17.5 Å². The van der Waals surface area contributed by atoms with Gasteiger partial charge in [0.1, 0.15) is 0 Å². The lowest BCUT2D eigenvalue weighted by molar-refractivity contribution is 0.0950. The van der Waals surface area contributed by atoms with E-state index in [4.69, 9.17) is 11.6 Å². The van der Waals surface area contributed by atoms with Crippen LogP contribution in [0.1, 0.15) is 23.2 Å². The summed E-state index contributed by atoms with van der Waals surface area (Å²) in [5.74, 6) is -0.128. The molecule has 0 bridgehead atoms. The van der Waals surface area contributed by atoms with Gasteiger partial charge in [-0.15, -0.1) is 0 Å². The van der Waals surface area contributed by atoms with Crippen LogP contribution in [0.25, 0.3) is 0 Å². The van der Waals surface area contributed by atoms with E-state index in [1.54, 1.807) is 12.3 Å². The first-order chi connectivity index (χ1) is 8.27. The molecular formula is C12H16ClN3O. The van der Waals surface area contributed by atoms with E-state index < -0.39 is 0 Å². The monoisotopic (exact) mass is 253 g/mol. The highest BCUT2D eigenvalue weighted by Gasteiger charge is 2.12. The Morgan fingerprint density at radius 3 is 2.94 bits per heavy atom. The van der Waals surface area contributed by atoms with Gasteiger partial charge in [0.25, 0.3) is 5.91 Å². The molecule has 1 aromatic rings. The van der Waals surface area contributed by atoms with Crippen molar-refractivity contribution in [2.24, 2.45) is 0 Å². The number of hydrogen-bond donors (Lipinski definition) is 1. The summed E-state index contributed by atoms with van der Waals surface area (Å²) >= 11 is 5.89. The normalized spacial score (nSPS) is 16.1. The highest BCUT2D eigenvalue weighted by molar-refractivity contribution is 6.33. The fourth-order valence-electron chi connectivity index (χ4n) is 1.99. The molecule has 1 fully saturated rings. The summed E-state index contributed by atoms with van der Waals surface area (Å²) in [7, 11) is 0. The van der Waals surface area contributed by atoms with E-state index in [-0.39, 0.29) is 5.91 Å². The Balaban J connectivity index is 1.79. The van der Waals surface area contributed by atoms with Crippen LogP contribution in [0.4, 0.5) is 0 Å². The Morgan fingerprint density at radius 1 is 1.47 bits per heavy atom. The molecular weight excluding hydrogens is 238 g/mol. The molecule has 0 unspecified atom stereocenters. The molecule has 0 spiro atoms. The number of nitrogens with zero attached hydrogens (tertiary/aromatic N) is 2. The zero-order valence-electron chi connectivity index (χ0n) is 9.66. The SMILES string of the molecule is O=C(NCCN1CCCC1)c1ccncc1Cl. The second-order valence-corrected chi connectivity index (χ2v) is 4.57. The predicted octanol–water partition coefficient (Wildman–Crippen LogP) is 1.56. The zero-order chi connectivity index (χ0) is 12.1. The van der Waals surface area contributed by atoms with E-state index in [9.17, 15) is 4.79 Å². The van der Waals surface area contributed by atoms with E-state index in [0.717, 1.165) is 19.6 Å². The molecule has 1 aliphatic heterocycles. The van der Waals surface area contributed by atoms with Gasteiger partial charge < -0.3 is 10.2 Å². The van der Waals surface area contributed by atoms with Crippen LogP contribution >= 0.6 is 11.6 Å². The molecule has 0 aromatic carbocycles. The van der Waals surface area contributed by atoms with Crippen molar-refractivity contribution in [3.05, 3.63) is 29.0 Å². The molecule has 4 nitrogen and oxygen atoms in total. The molecule has 1 saturated heterocycles. The van der Waals surface area contributed by atoms with Crippen LogP contribution in [0.15, 0.2) is 18.5 Å². The van der Waals surface area contributed by atoms with Gasteiger partial charge >= 0.3 is 0 Å². The summed E-state index contributed by atoms with van der Waals surface area (Å²) in [6.45, 7) is 3.86. The summed E-state index contributed by atoms with van der Waals surface area (Å²) in [6, 6.07) is 1.63. The maximum Gasteiger partial charge on any atom is 0.252 e. The minimum absolute atomic E-state index is 0.128. The molecule has 92 valence electrons. The van der Waals surface area contributed by atoms with Crippen LogP contribution in [0.2, 0.25) is 5.02 Å². The van der Waals surface area contributed by atoms with Crippen molar-refractivity contribution < 1.29 is 4.79 Å². The lowest BCUT2D eigenvalue weighted by Gasteiger charge is -2.14. The van der Waals surface area contributed by atoms with E-state index in [1.165, 1.54) is 19.0 Å². The van der Waals surface area contributed by atoms with Gasteiger partial charge in [0.05, 0.1) is 10.6 Å². The molecule has 0 saturated carbocycles. The number of pyridine rings is 1. The standard InChI is InChI=1S/C12H16ClN3O/c13-11-9-14-4-3-10(11)12(17)15-5-8-16-6-1-2-7-16/h3-4,9H,1-2,5-8H2,(H,15,17). The third-order valence-corrected chi connectivity index (χ3v) is 3.23. The Bertz CT molecular complexity index is 391. The Hall–Kier alpha value is -1.13. The maximum atomic E-state index is 11.8. The molecule has 0 radical (unpaired) electrons. The van der Waals surface area contributed by atoms with E-state index >= 15 is 0 Å². The molecule has 5 heteroatoms. The van der Waals surface area contributed by atoms with Crippen LogP contribution in [-0.2, 0) is 0 Å². The predicted molar refractivity (Wildman–Crippen MR) is 67.3 cm³/mol. The minimum Gasteiger partial charge on any atom is -0.351 e. The minimum atomic E-state index is -0.128. The van der Waals surface area contributed by atoms with Gasteiger partial charge in [-0.2, -0.15) is 0 Å². The third-order valence-electron chi connectivity index (χ3n) is 2.93. The van der Waals surface area contributed by atoms with E-state index in [0.29, 0.717) is 17.1 Å². The number of likely N-dealkylation sites (tertiary alicyclic amines) is 1. The topological polar surface area (TPSA) is 45.2 Å². The van der Waals surface area contributed by atoms with Crippen molar-refractivity contribution in [1.82, 2.24) is 15.2 Å². The van der Waals surface area contributed by atoms with Gasteiger partial charge in [0, 0.05) is 25.5 Å². The number of carbonyl (C=O) groups is 1. The lowest BCUT2D eigenvalue weighted by atomic mass is 10.2. The second-order valence-electron chi connectivity index (χ2n) is 4.16.